The van der Waals surface area contributed by atoms with Gasteiger partial charge in [0.05, 0.1) is 18.9 Å². The molecule has 0 aromatic carbocycles. The van der Waals surface area contributed by atoms with Crippen molar-refractivity contribution in [3.63, 3.8) is 0 Å². The summed E-state index contributed by atoms with van der Waals surface area (Å²) in [5, 5.41) is 2.99. The van der Waals surface area contributed by atoms with E-state index in [0.717, 1.165) is 17.2 Å². The van der Waals surface area contributed by atoms with Crippen LogP contribution in [-0.4, -0.2) is 37.2 Å². The van der Waals surface area contributed by atoms with Crippen LogP contribution in [0.5, 0.6) is 0 Å². The van der Waals surface area contributed by atoms with Crippen LogP contribution in [0.15, 0.2) is 5.38 Å². The molecule has 0 radical (unpaired) electrons. The number of thiazole rings is 1. The van der Waals surface area contributed by atoms with Gasteiger partial charge >= 0.3 is 0 Å². The maximum atomic E-state index is 5.37. The standard InChI is InChI=1S/C9H14N2O2S/c1-11(2)5-7-6-14-8(10-7)9-12-3-4-13-9/h6,9H,3-5H2,1-2H3. The van der Waals surface area contributed by atoms with E-state index in [1.54, 1.807) is 11.3 Å². The Balaban J connectivity index is 2.01. The highest BCUT2D eigenvalue weighted by atomic mass is 32.1. The molecule has 5 heteroatoms. The number of rotatable bonds is 3. The molecule has 2 heterocycles. The van der Waals surface area contributed by atoms with Gasteiger partial charge in [-0.15, -0.1) is 11.3 Å². The SMILES string of the molecule is CN(C)Cc1csc(C2OCCO2)n1. The van der Waals surface area contributed by atoms with Crippen LogP contribution in [0.2, 0.25) is 0 Å². The molecule has 0 amide bonds. The second-order valence-corrected chi connectivity index (χ2v) is 4.38. The van der Waals surface area contributed by atoms with Gasteiger partial charge in [0.25, 0.3) is 0 Å². The summed E-state index contributed by atoms with van der Waals surface area (Å²) in [7, 11) is 4.06. The van der Waals surface area contributed by atoms with Crippen LogP contribution in [0.4, 0.5) is 0 Å². The lowest BCUT2D eigenvalue weighted by molar-refractivity contribution is -0.0443. The highest BCUT2D eigenvalue weighted by molar-refractivity contribution is 7.09. The van der Waals surface area contributed by atoms with E-state index in [1.807, 2.05) is 14.1 Å². The second-order valence-electron chi connectivity index (χ2n) is 3.49. The van der Waals surface area contributed by atoms with E-state index in [9.17, 15) is 0 Å². The normalized spacial score (nSPS) is 18.2. The monoisotopic (exact) mass is 214 g/mol. The molecular formula is C9H14N2O2S. The summed E-state index contributed by atoms with van der Waals surface area (Å²) in [5.41, 5.74) is 1.08. The summed E-state index contributed by atoms with van der Waals surface area (Å²) in [6.45, 7) is 2.21. The van der Waals surface area contributed by atoms with Gasteiger partial charge in [-0.05, 0) is 14.1 Å². The van der Waals surface area contributed by atoms with Crippen molar-refractivity contribution in [3.05, 3.63) is 16.1 Å². The van der Waals surface area contributed by atoms with Crippen LogP contribution in [0, 0.1) is 0 Å². The summed E-state index contributed by atoms with van der Waals surface area (Å²) in [5.74, 6) is 0. The number of hydrogen-bond donors (Lipinski definition) is 0. The van der Waals surface area contributed by atoms with E-state index in [4.69, 9.17) is 9.47 Å². The molecule has 1 aliphatic heterocycles. The molecule has 4 nitrogen and oxygen atoms in total. The van der Waals surface area contributed by atoms with Crippen molar-refractivity contribution in [3.8, 4) is 0 Å². The quantitative estimate of drug-likeness (QED) is 0.758. The zero-order valence-corrected chi connectivity index (χ0v) is 9.21. The minimum Gasteiger partial charge on any atom is -0.344 e. The molecule has 0 saturated carbocycles. The Kier molecular flexibility index (Phi) is 3.12. The predicted molar refractivity (Wildman–Crippen MR) is 54.2 cm³/mol. The van der Waals surface area contributed by atoms with E-state index < -0.39 is 0 Å². The van der Waals surface area contributed by atoms with Gasteiger partial charge in [0.1, 0.15) is 5.01 Å². The molecule has 1 saturated heterocycles. The molecule has 1 fully saturated rings. The van der Waals surface area contributed by atoms with Gasteiger partial charge in [0, 0.05) is 11.9 Å². The van der Waals surface area contributed by atoms with Crippen molar-refractivity contribution in [1.29, 1.82) is 0 Å². The lowest BCUT2D eigenvalue weighted by Gasteiger charge is -2.06. The molecule has 1 aromatic rings. The van der Waals surface area contributed by atoms with Gasteiger partial charge in [0.2, 0.25) is 6.29 Å². The van der Waals surface area contributed by atoms with Crippen molar-refractivity contribution in [1.82, 2.24) is 9.88 Å². The van der Waals surface area contributed by atoms with E-state index in [0.29, 0.717) is 13.2 Å². The van der Waals surface area contributed by atoms with Crippen molar-refractivity contribution >= 4 is 11.3 Å². The van der Waals surface area contributed by atoms with Gasteiger partial charge in [-0.3, -0.25) is 0 Å². The zero-order chi connectivity index (χ0) is 9.97. The molecule has 0 atom stereocenters. The van der Waals surface area contributed by atoms with E-state index in [1.165, 1.54) is 0 Å². The Bertz CT molecular complexity index is 295. The first-order valence-corrected chi connectivity index (χ1v) is 5.46. The Morgan fingerprint density at radius 3 is 2.86 bits per heavy atom. The highest BCUT2D eigenvalue weighted by Crippen LogP contribution is 2.26. The van der Waals surface area contributed by atoms with Crippen LogP contribution >= 0.6 is 11.3 Å². The highest BCUT2D eigenvalue weighted by Gasteiger charge is 2.21. The molecule has 78 valence electrons. The van der Waals surface area contributed by atoms with Crippen LogP contribution in [0.25, 0.3) is 0 Å². The first-order valence-electron chi connectivity index (χ1n) is 4.58. The van der Waals surface area contributed by atoms with Crippen molar-refractivity contribution in [2.45, 2.75) is 12.8 Å². The first-order chi connectivity index (χ1) is 6.75. The Labute approximate surface area is 87.5 Å². The fraction of sp³-hybridized carbons (Fsp3) is 0.667. The minimum atomic E-state index is -0.226. The van der Waals surface area contributed by atoms with Crippen molar-refractivity contribution in [2.75, 3.05) is 27.3 Å². The fourth-order valence-corrected chi connectivity index (χ4v) is 2.13. The molecule has 0 bridgehead atoms. The van der Waals surface area contributed by atoms with Gasteiger partial charge in [-0.25, -0.2) is 4.98 Å². The molecule has 1 aliphatic rings. The van der Waals surface area contributed by atoms with E-state index in [2.05, 4.69) is 15.3 Å². The van der Waals surface area contributed by atoms with Crippen LogP contribution in [0.1, 0.15) is 17.0 Å². The fourth-order valence-electron chi connectivity index (χ4n) is 1.33. The molecule has 2 rings (SSSR count). The Morgan fingerprint density at radius 2 is 2.21 bits per heavy atom. The first kappa shape index (κ1) is 10.0. The summed E-state index contributed by atoms with van der Waals surface area (Å²) >= 11 is 1.60. The average molecular weight is 214 g/mol. The Morgan fingerprint density at radius 1 is 1.50 bits per heavy atom. The second kappa shape index (κ2) is 4.35. The predicted octanol–water partition coefficient (Wildman–Crippen LogP) is 1.25. The molecular weight excluding hydrogens is 200 g/mol. The van der Waals surface area contributed by atoms with Gasteiger partial charge in [-0.1, -0.05) is 0 Å². The summed E-state index contributed by atoms with van der Waals surface area (Å²) in [4.78, 5) is 6.55. The van der Waals surface area contributed by atoms with Crippen LogP contribution in [-0.2, 0) is 16.0 Å². The maximum absolute atomic E-state index is 5.37. The molecule has 0 aliphatic carbocycles. The summed E-state index contributed by atoms with van der Waals surface area (Å²) < 4.78 is 10.7. The molecule has 0 N–H and O–H groups in total. The third kappa shape index (κ3) is 2.30. The van der Waals surface area contributed by atoms with Crippen LogP contribution < -0.4 is 0 Å². The van der Waals surface area contributed by atoms with Crippen LogP contribution in [0.3, 0.4) is 0 Å². The van der Waals surface area contributed by atoms with E-state index >= 15 is 0 Å². The smallest absolute Gasteiger partial charge is 0.211 e. The largest absolute Gasteiger partial charge is 0.344 e. The van der Waals surface area contributed by atoms with Gasteiger partial charge in [0.15, 0.2) is 0 Å². The minimum absolute atomic E-state index is 0.226. The average Bonchev–Trinajstić information content (AvgIpc) is 2.69. The maximum Gasteiger partial charge on any atom is 0.211 e. The summed E-state index contributed by atoms with van der Waals surface area (Å²) in [6.07, 6.45) is -0.226. The lowest BCUT2D eigenvalue weighted by atomic mass is 10.4. The number of hydrogen-bond acceptors (Lipinski definition) is 5. The number of ether oxygens (including phenoxy) is 2. The topological polar surface area (TPSA) is 34.6 Å². The Hall–Kier alpha value is -0.490. The molecule has 14 heavy (non-hydrogen) atoms. The van der Waals surface area contributed by atoms with Crippen molar-refractivity contribution in [2.24, 2.45) is 0 Å². The van der Waals surface area contributed by atoms with Crippen molar-refractivity contribution < 1.29 is 9.47 Å². The lowest BCUT2D eigenvalue weighted by Crippen LogP contribution is -2.11. The van der Waals surface area contributed by atoms with Gasteiger partial charge in [-0.2, -0.15) is 0 Å². The summed E-state index contributed by atoms with van der Waals surface area (Å²) in [6, 6.07) is 0. The van der Waals surface area contributed by atoms with E-state index in [-0.39, 0.29) is 6.29 Å². The molecule has 0 unspecified atom stereocenters. The number of aromatic nitrogens is 1. The third-order valence-corrected chi connectivity index (χ3v) is 2.79. The third-order valence-electron chi connectivity index (χ3n) is 1.87. The zero-order valence-electron chi connectivity index (χ0n) is 8.40. The van der Waals surface area contributed by atoms with Gasteiger partial charge < -0.3 is 14.4 Å². The number of nitrogens with zero attached hydrogens (tertiary/aromatic N) is 2. The molecule has 1 aromatic heterocycles. The molecule has 0 spiro atoms.